The summed E-state index contributed by atoms with van der Waals surface area (Å²) >= 11 is 0. The van der Waals surface area contributed by atoms with Gasteiger partial charge in [-0.3, -0.25) is 19.0 Å². The first-order valence-corrected chi connectivity index (χ1v) is 15.3. The molecule has 0 N–H and O–H groups in total. The zero-order valence-corrected chi connectivity index (χ0v) is 27.6. The van der Waals surface area contributed by atoms with Crippen molar-refractivity contribution in [2.24, 2.45) is 0 Å². The Kier molecular flexibility index (Phi) is 6.67. The lowest BCUT2D eigenvalue weighted by Gasteiger charge is -2.30. The van der Waals surface area contributed by atoms with Gasteiger partial charge in [0.05, 0.1) is 16.7 Å². The summed E-state index contributed by atoms with van der Waals surface area (Å²) < 4.78 is 7.96. The second-order valence-electron chi connectivity index (χ2n) is 15.1. The molecule has 45 heavy (non-hydrogen) atoms. The van der Waals surface area contributed by atoms with Crippen molar-refractivity contribution in [2.75, 3.05) is 4.90 Å². The van der Waals surface area contributed by atoms with Crippen LogP contribution in [0.2, 0.25) is 0 Å². The lowest BCUT2D eigenvalue weighted by Crippen LogP contribution is -2.41. The Labute approximate surface area is 263 Å². The van der Waals surface area contributed by atoms with E-state index in [0.29, 0.717) is 55.1 Å². The minimum absolute atomic E-state index is 0.159. The van der Waals surface area contributed by atoms with Gasteiger partial charge in [0.25, 0.3) is 17.4 Å². The van der Waals surface area contributed by atoms with Crippen molar-refractivity contribution in [1.82, 2.24) is 4.57 Å². The molecule has 0 saturated carbocycles. The van der Waals surface area contributed by atoms with Gasteiger partial charge in [0.2, 0.25) is 0 Å². The highest BCUT2D eigenvalue weighted by Gasteiger charge is 2.36. The molecular formula is C39H40N2O4. The van der Waals surface area contributed by atoms with Crippen molar-refractivity contribution in [1.29, 1.82) is 0 Å². The fourth-order valence-corrected chi connectivity index (χ4v) is 6.14. The number of anilines is 1. The number of hydrogen-bond donors (Lipinski definition) is 0. The summed E-state index contributed by atoms with van der Waals surface area (Å²) in [7, 11) is 0. The van der Waals surface area contributed by atoms with E-state index >= 15 is 0 Å². The number of aromatic nitrogens is 1. The van der Waals surface area contributed by atoms with Crippen molar-refractivity contribution in [2.45, 2.75) is 78.7 Å². The van der Waals surface area contributed by atoms with Gasteiger partial charge >= 0.3 is 0 Å². The smallest absolute Gasteiger partial charge is 0.265 e. The fourth-order valence-electron chi connectivity index (χ4n) is 6.14. The number of carbonyl (C=O) groups is 2. The molecule has 0 radical (unpaired) electrons. The van der Waals surface area contributed by atoms with E-state index in [1.807, 2.05) is 63.2 Å². The Morgan fingerprint density at radius 1 is 0.644 bits per heavy atom. The van der Waals surface area contributed by atoms with Gasteiger partial charge in [-0.1, -0.05) is 72.4 Å². The molecule has 6 nitrogen and oxygen atoms in total. The van der Waals surface area contributed by atoms with Gasteiger partial charge in [0.1, 0.15) is 11.4 Å². The van der Waals surface area contributed by atoms with Crippen LogP contribution in [0.5, 0.6) is 5.75 Å². The lowest BCUT2D eigenvalue weighted by atomic mass is 9.86. The van der Waals surface area contributed by atoms with Gasteiger partial charge in [0, 0.05) is 32.7 Å². The number of hydrogen-bond acceptors (Lipinski definition) is 4. The highest BCUT2D eigenvalue weighted by Crippen LogP contribution is 2.38. The highest BCUT2D eigenvalue weighted by atomic mass is 16.5. The summed E-state index contributed by atoms with van der Waals surface area (Å²) in [6, 6.07) is 20.4. The normalized spacial score (nSPS) is 14.1. The maximum absolute atomic E-state index is 14.4. The van der Waals surface area contributed by atoms with Crippen LogP contribution in [0, 0.1) is 0 Å². The van der Waals surface area contributed by atoms with Gasteiger partial charge < -0.3 is 4.74 Å². The predicted molar refractivity (Wildman–Crippen MR) is 183 cm³/mol. The van der Waals surface area contributed by atoms with Crippen molar-refractivity contribution in [3.63, 3.8) is 0 Å². The molecule has 0 fully saturated rings. The van der Waals surface area contributed by atoms with Crippen LogP contribution in [0.3, 0.4) is 0 Å². The first kappa shape index (κ1) is 30.3. The van der Waals surface area contributed by atoms with E-state index in [4.69, 9.17) is 4.74 Å². The SMILES string of the molecule is C=c1c2ccc3c4c(ccc(c(=O)n1-c1cc(C(C)(C)C)ccc1OC(C)(C)C)c42)C(=O)N(c1cccc(C(C)(C)C)c1)C3=O. The number of amides is 2. The number of carbonyl (C=O) groups excluding carboxylic acids is 2. The van der Waals surface area contributed by atoms with Crippen molar-refractivity contribution in [3.05, 3.63) is 105 Å². The maximum Gasteiger partial charge on any atom is 0.265 e. The topological polar surface area (TPSA) is 68.6 Å². The molecular weight excluding hydrogens is 560 g/mol. The lowest BCUT2D eigenvalue weighted by molar-refractivity contribution is 0.0893. The summed E-state index contributed by atoms with van der Waals surface area (Å²) in [5.41, 5.74) is 2.82. The first-order chi connectivity index (χ1) is 20.9. The number of nitrogens with zero attached hydrogens (tertiary/aromatic N) is 2. The maximum atomic E-state index is 14.4. The molecule has 1 aliphatic heterocycles. The highest BCUT2D eigenvalue weighted by molar-refractivity contribution is 6.38. The van der Waals surface area contributed by atoms with E-state index in [2.05, 4.69) is 48.1 Å². The summed E-state index contributed by atoms with van der Waals surface area (Å²) in [5, 5.41) is 2.63. The van der Waals surface area contributed by atoms with E-state index in [0.717, 1.165) is 11.1 Å². The Hall–Kier alpha value is -4.71. The zero-order valence-electron chi connectivity index (χ0n) is 27.6. The van der Waals surface area contributed by atoms with Crippen LogP contribution in [0.1, 0.15) is 94.2 Å². The average molecular weight is 601 g/mol. The molecule has 2 amide bonds. The molecule has 0 spiro atoms. The predicted octanol–water partition coefficient (Wildman–Crippen LogP) is 7.85. The second-order valence-corrected chi connectivity index (χ2v) is 15.1. The van der Waals surface area contributed by atoms with Crippen LogP contribution in [0.4, 0.5) is 5.69 Å². The van der Waals surface area contributed by atoms with Gasteiger partial charge in [-0.15, -0.1) is 0 Å². The third-order valence-corrected chi connectivity index (χ3v) is 8.49. The molecule has 230 valence electrons. The summed E-state index contributed by atoms with van der Waals surface area (Å²) in [6.45, 7) is 22.9. The molecule has 0 unspecified atom stereocenters. The Morgan fingerprint density at radius 3 is 1.80 bits per heavy atom. The van der Waals surface area contributed by atoms with Crippen molar-refractivity contribution in [3.8, 4) is 11.4 Å². The van der Waals surface area contributed by atoms with Crippen LogP contribution < -0.4 is 20.5 Å². The quantitative estimate of drug-likeness (QED) is 0.198. The van der Waals surface area contributed by atoms with E-state index in [1.54, 1.807) is 28.8 Å². The third-order valence-electron chi connectivity index (χ3n) is 8.49. The minimum Gasteiger partial charge on any atom is -0.486 e. The molecule has 4 aromatic carbocycles. The molecule has 1 aliphatic rings. The Balaban J connectivity index is 1.61. The van der Waals surface area contributed by atoms with Gasteiger partial charge in [0.15, 0.2) is 0 Å². The fraction of sp³-hybridized carbons (Fsp3) is 0.308. The van der Waals surface area contributed by atoms with E-state index in [1.165, 1.54) is 4.90 Å². The van der Waals surface area contributed by atoms with Gasteiger partial charge in [-0.05, 0) is 85.2 Å². The molecule has 0 saturated heterocycles. The number of pyridine rings is 1. The molecule has 6 rings (SSSR count). The summed E-state index contributed by atoms with van der Waals surface area (Å²) in [6.07, 6.45) is 0. The Morgan fingerprint density at radius 2 is 1.22 bits per heavy atom. The largest absolute Gasteiger partial charge is 0.486 e. The molecule has 0 atom stereocenters. The van der Waals surface area contributed by atoms with Gasteiger partial charge in [-0.25, -0.2) is 4.90 Å². The van der Waals surface area contributed by atoms with E-state index in [-0.39, 0.29) is 16.4 Å². The summed E-state index contributed by atoms with van der Waals surface area (Å²) in [4.78, 5) is 43.7. The molecule has 6 heteroatoms. The molecule has 1 aromatic heterocycles. The molecule has 0 bridgehead atoms. The van der Waals surface area contributed by atoms with Crippen LogP contribution >= 0.6 is 0 Å². The average Bonchev–Trinajstić information content (AvgIpc) is 2.94. The third kappa shape index (κ3) is 4.93. The van der Waals surface area contributed by atoms with Crippen molar-refractivity contribution < 1.29 is 14.3 Å². The van der Waals surface area contributed by atoms with E-state index in [9.17, 15) is 14.4 Å². The molecule has 2 heterocycles. The van der Waals surface area contributed by atoms with Crippen molar-refractivity contribution >= 4 is 45.6 Å². The minimum atomic E-state index is -0.504. The number of rotatable bonds is 3. The summed E-state index contributed by atoms with van der Waals surface area (Å²) in [5.74, 6) is -0.263. The number of benzene rings is 4. The number of ether oxygens (including phenoxy) is 1. The van der Waals surface area contributed by atoms with Crippen LogP contribution in [0.15, 0.2) is 71.5 Å². The zero-order chi connectivity index (χ0) is 32.8. The standard InChI is InChI=1S/C39H40N2O4/c1-22-26-15-16-28-33-29(36(44)41(35(28)43)25-13-11-12-23(20-25)37(2,3)4)18-17-27(32(26)33)34(42)40(22)30-21-24(38(5,6)7)14-19-31(30)45-39(8,9)10/h11-21H,1H2,2-10H3. The number of imide groups is 1. The van der Waals surface area contributed by atoms with Crippen LogP contribution in [0.25, 0.3) is 33.8 Å². The van der Waals surface area contributed by atoms with Crippen LogP contribution in [-0.4, -0.2) is 22.0 Å². The van der Waals surface area contributed by atoms with Gasteiger partial charge in [-0.2, -0.15) is 0 Å². The second kappa shape index (κ2) is 9.90. The van der Waals surface area contributed by atoms with Crippen LogP contribution in [-0.2, 0) is 10.8 Å². The monoisotopic (exact) mass is 600 g/mol. The first-order valence-electron chi connectivity index (χ1n) is 15.3. The Bertz CT molecular complexity index is 2090. The molecule has 0 aliphatic carbocycles. The molecule has 5 aromatic rings. The van der Waals surface area contributed by atoms with E-state index < -0.39 is 17.4 Å².